The Morgan fingerprint density at radius 3 is 2.80 bits per heavy atom. The second-order valence-electron chi connectivity index (χ2n) is 3.53. The van der Waals surface area contributed by atoms with Crippen molar-refractivity contribution in [1.29, 1.82) is 0 Å². The maximum atomic E-state index is 5.83. The molecule has 1 aromatic rings. The highest BCUT2D eigenvalue weighted by molar-refractivity contribution is 6.33. The molecular formula is C9H12Cl2N4. The molecule has 1 fully saturated rings. The number of anilines is 1. The number of nitrogens with one attached hydrogen (secondary N) is 2. The third kappa shape index (κ3) is 3.48. The summed E-state index contributed by atoms with van der Waals surface area (Å²) in [5.74, 6) is 0. The van der Waals surface area contributed by atoms with Crippen LogP contribution in [0.3, 0.4) is 0 Å². The van der Waals surface area contributed by atoms with Crippen molar-refractivity contribution in [3.05, 3.63) is 16.4 Å². The van der Waals surface area contributed by atoms with Gasteiger partial charge < -0.3 is 10.6 Å². The topological polar surface area (TPSA) is 49.8 Å². The Bertz CT molecular complexity index is 341. The van der Waals surface area contributed by atoms with Crippen LogP contribution in [-0.2, 0) is 0 Å². The van der Waals surface area contributed by atoms with Gasteiger partial charge in [-0.2, -0.15) is 0 Å². The number of nitrogens with zero attached hydrogens (tertiary/aromatic N) is 2. The predicted octanol–water partition coefficient (Wildman–Crippen LogP) is 1.95. The van der Waals surface area contributed by atoms with Crippen molar-refractivity contribution in [2.24, 2.45) is 0 Å². The first kappa shape index (κ1) is 10.9. The van der Waals surface area contributed by atoms with E-state index in [9.17, 15) is 0 Å². The van der Waals surface area contributed by atoms with Gasteiger partial charge in [0.25, 0.3) is 0 Å². The second-order valence-corrected chi connectivity index (χ2v) is 4.27. The number of halogens is 2. The van der Waals surface area contributed by atoms with E-state index in [4.69, 9.17) is 23.2 Å². The van der Waals surface area contributed by atoms with Crippen molar-refractivity contribution in [1.82, 2.24) is 15.5 Å². The van der Waals surface area contributed by atoms with Crippen molar-refractivity contribution in [3.63, 3.8) is 0 Å². The average Bonchev–Trinajstić information content (AvgIpc) is 3.01. The van der Waals surface area contributed by atoms with Crippen LogP contribution in [-0.4, -0.2) is 29.3 Å². The minimum atomic E-state index is 0.344. The summed E-state index contributed by atoms with van der Waals surface area (Å²) in [7, 11) is 0. The maximum Gasteiger partial charge on any atom is 0.174 e. The number of hydrogen-bond acceptors (Lipinski definition) is 4. The predicted molar refractivity (Wildman–Crippen MR) is 61.6 cm³/mol. The summed E-state index contributed by atoms with van der Waals surface area (Å²) in [5.41, 5.74) is 0.731. The van der Waals surface area contributed by atoms with Crippen LogP contribution in [0.5, 0.6) is 0 Å². The number of aromatic nitrogens is 2. The molecule has 0 saturated heterocycles. The molecule has 0 spiro atoms. The smallest absolute Gasteiger partial charge is 0.174 e. The van der Waals surface area contributed by atoms with Gasteiger partial charge in [-0.15, -0.1) is 10.2 Å². The Morgan fingerprint density at radius 1 is 1.27 bits per heavy atom. The van der Waals surface area contributed by atoms with Crippen molar-refractivity contribution in [2.45, 2.75) is 18.9 Å². The molecule has 6 heteroatoms. The molecule has 0 atom stereocenters. The largest absolute Gasteiger partial charge is 0.381 e. The summed E-state index contributed by atoms with van der Waals surface area (Å²) in [6.45, 7) is 1.72. The highest BCUT2D eigenvalue weighted by atomic mass is 35.5. The molecule has 0 unspecified atom stereocenters. The molecule has 1 aliphatic rings. The van der Waals surface area contributed by atoms with E-state index in [1.54, 1.807) is 6.07 Å². The van der Waals surface area contributed by atoms with Crippen LogP contribution in [0.15, 0.2) is 6.07 Å². The zero-order valence-electron chi connectivity index (χ0n) is 8.13. The van der Waals surface area contributed by atoms with Crippen LogP contribution in [0.25, 0.3) is 0 Å². The third-order valence-corrected chi connectivity index (χ3v) is 2.63. The highest BCUT2D eigenvalue weighted by Gasteiger charge is 2.19. The van der Waals surface area contributed by atoms with Gasteiger partial charge in [-0.05, 0) is 12.8 Å². The molecule has 2 rings (SSSR count). The zero-order chi connectivity index (χ0) is 10.7. The van der Waals surface area contributed by atoms with Gasteiger partial charge in [0.15, 0.2) is 10.3 Å². The lowest BCUT2D eigenvalue weighted by Gasteiger charge is -2.07. The molecule has 0 aliphatic heterocycles. The highest BCUT2D eigenvalue weighted by Crippen LogP contribution is 2.20. The van der Waals surface area contributed by atoms with Crippen molar-refractivity contribution in [2.75, 3.05) is 18.4 Å². The first-order chi connectivity index (χ1) is 7.25. The van der Waals surface area contributed by atoms with Crippen LogP contribution in [0, 0.1) is 0 Å². The van der Waals surface area contributed by atoms with E-state index in [1.807, 2.05) is 0 Å². The van der Waals surface area contributed by atoms with Gasteiger partial charge in [0.2, 0.25) is 0 Å². The molecule has 0 aromatic carbocycles. The summed E-state index contributed by atoms with van der Waals surface area (Å²) in [5, 5.41) is 14.6. The lowest BCUT2D eigenvalue weighted by Crippen LogP contribution is -2.24. The minimum Gasteiger partial charge on any atom is -0.381 e. The molecule has 1 heterocycles. The van der Waals surface area contributed by atoms with Crippen LogP contribution in [0.4, 0.5) is 5.69 Å². The molecule has 1 aliphatic carbocycles. The minimum absolute atomic E-state index is 0.344. The summed E-state index contributed by atoms with van der Waals surface area (Å²) in [6.07, 6.45) is 2.59. The Hall–Kier alpha value is -0.580. The van der Waals surface area contributed by atoms with E-state index >= 15 is 0 Å². The molecule has 0 radical (unpaired) electrons. The first-order valence-corrected chi connectivity index (χ1v) is 5.67. The third-order valence-electron chi connectivity index (χ3n) is 2.17. The standard InChI is InChI=1S/C9H12Cl2N4/c10-8-5-7(9(11)15-14-8)13-4-3-12-6-1-2-6/h5-6,12H,1-4H2,(H,13,14). The summed E-state index contributed by atoms with van der Waals surface area (Å²) in [6, 6.07) is 2.40. The van der Waals surface area contributed by atoms with Gasteiger partial charge in [0.1, 0.15) is 0 Å². The number of hydrogen-bond donors (Lipinski definition) is 2. The quantitative estimate of drug-likeness (QED) is 0.781. The molecule has 0 amide bonds. The average molecular weight is 247 g/mol. The molecule has 1 aromatic heterocycles. The fourth-order valence-electron chi connectivity index (χ4n) is 1.24. The Labute approximate surface area is 98.4 Å². The molecule has 82 valence electrons. The van der Waals surface area contributed by atoms with Crippen molar-refractivity contribution in [3.8, 4) is 0 Å². The second kappa shape index (κ2) is 4.96. The van der Waals surface area contributed by atoms with Gasteiger partial charge in [-0.1, -0.05) is 23.2 Å². The SMILES string of the molecule is Clc1cc(NCCNC2CC2)c(Cl)nn1. The fourth-order valence-corrected chi connectivity index (χ4v) is 1.54. The Balaban J connectivity index is 1.78. The zero-order valence-corrected chi connectivity index (χ0v) is 9.65. The summed E-state index contributed by atoms with van der Waals surface area (Å²) >= 11 is 11.5. The Kier molecular flexibility index (Phi) is 3.61. The van der Waals surface area contributed by atoms with E-state index < -0.39 is 0 Å². The molecule has 0 bridgehead atoms. The lowest BCUT2D eigenvalue weighted by molar-refractivity contribution is 0.701. The molecule has 15 heavy (non-hydrogen) atoms. The normalized spacial score (nSPS) is 15.3. The molecule has 2 N–H and O–H groups in total. The van der Waals surface area contributed by atoms with E-state index in [1.165, 1.54) is 12.8 Å². The van der Waals surface area contributed by atoms with Crippen LogP contribution in [0.2, 0.25) is 10.3 Å². The van der Waals surface area contributed by atoms with Crippen molar-refractivity contribution >= 4 is 28.9 Å². The van der Waals surface area contributed by atoms with Gasteiger partial charge in [-0.25, -0.2) is 0 Å². The lowest BCUT2D eigenvalue weighted by atomic mass is 10.4. The fraction of sp³-hybridized carbons (Fsp3) is 0.556. The van der Waals surface area contributed by atoms with E-state index in [0.29, 0.717) is 10.3 Å². The molecule has 1 saturated carbocycles. The van der Waals surface area contributed by atoms with Crippen LogP contribution >= 0.6 is 23.2 Å². The van der Waals surface area contributed by atoms with Crippen molar-refractivity contribution < 1.29 is 0 Å². The van der Waals surface area contributed by atoms with Gasteiger partial charge in [0.05, 0.1) is 5.69 Å². The van der Waals surface area contributed by atoms with Gasteiger partial charge in [-0.3, -0.25) is 0 Å². The van der Waals surface area contributed by atoms with Gasteiger partial charge >= 0.3 is 0 Å². The van der Waals surface area contributed by atoms with E-state index in [0.717, 1.165) is 24.8 Å². The first-order valence-electron chi connectivity index (χ1n) is 4.91. The summed E-state index contributed by atoms with van der Waals surface area (Å²) < 4.78 is 0. The van der Waals surface area contributed by atoms with Crippen LogP contribution in [0.1, 0.15) is 12.8 Å². The molecular weight excluding hydrogens is 235 g/mol. The Morgan fingerprint density at radius 2 is 2.07 bits per heavy atom. The van der Waals surface area contributed by atoms with E-state index in [-0.39, 0.29) is 0 Å². The van der Waals surface area contributed by atoms with Gasteiger partial charge in [0, 0.05) is 25.2 Å². The van der Waals surface area contributed by atoms with E-state index in [2.05, 4.69) is 20.8 Å². The summed E-state index contributed by atoms with van der Waals surface area (Å²) in [4.78, 5) is 0. The monoisotopic (exact) mass is 246 g/mol. The molecule has 4 nitrogen and oxygen atoms in total. The number of rotatable bonds is 5. The maximum absolute atomic E-state index is 5.83. The van der Waals surface area contributed by atoms with Crippen LogP contribution < -0.4 is 10.6 Å².